The molecule has 0 spiro atoms. The standard InChI is InChI=1S/C15H28N2O3/c1-15(2,3)12-6-4-11(5-7-12)10-17-14(20)16-9-8-13(18)19/h11-12H,4-10H2,1-3H3,(H,18,19)(H2,16,17,20). The molecular formula is C15H28N2O3. The highest BCUT2D eigenvalue weighted by atomic mass is 16.4. The van der Waals surface area contributed by atoms with Crippen LogP contribution in [0.3, 0.4) is 0 Å². The van der Waals surface area contributed by atoms with Crippen LogP contribution in [0, 0.1) is 17.3 Å². The third-order valence-electron chi connectivity index (χ3n) is 4.25. The molecule has 1 saturated carbocycles. The average molecular weight is 284 g/mol. The molecule has 0 atom stereocenters. The Balaban J connectivity index is 2.15. The van der Waals surface area contributed by atoms with Crippen LogP contribution >= 0.6 is 0 Å². The van der Waals surface area contributed by atoms with Crippen molar-refractivity contribution in [3.05, 3.63) is 0 Å². The van der Waals surface area contributed by atoms with E-state index in [9.17, 15) is 9.59 Å². The monoisotopic (exact) mass is 284 g/mol. The SMILES string of the molecule is CC(C)(C)C1CCC(CNC(=O)NCCC(=O)O)CC1. The first-order valence-electron chi connectivity index (χ1n) is 7.52. The fourth-order valence-electron chi connectivity index (χ4n) is 2.82. The zero-order valence-corrected chi connectivity index (χ0v) is 12.9. The molecule has 0 saturated heterocycles. The summed E-state index contributed by atoms with van der Waals surface area (Å²) in [4.78, 5) is 21.8. The second kappa shape index (κ2) is 7.50. The molecule has 116 valence electrons. The van der Waals surface area contributed by atoms with E-state index in [1.54, 1.807) is 0 Å². The summed E-state index contributed by atoms with van der Waals surface area (Å²) < 4.78 is 0. The largest absolute Gasteiger partial charge is 0.481 e. The van der Waals surface area contributed by atoms with Crippen molar-refractivity contribution in [3.8, 4) is 0 Å². The Morgan fingerprint density at radius 1 is 1.10 bits per heavy atom. The van der Waals surface area contributed by atoms with Crippen LogP contribution in [0.5, 0.6) is 0 Å². The number of hydrogen-bond acceptors (Lipinski definition) is 2. The van der Waals surface area contributed by atoms with E-state index in [0.717, 1.165) is 18.8 Å². The van der Waals surface area contributed by atoms with Gasteiger partial charge in [-0.1, -0.05) is 20.8 Å². The van der Waals surface area contributed by atoms with Gasteiger partial charge in [-0.05, 0) is 42.9 Å². The number of rotatable bonds is 5. The predicted molar refractivity (Wildman–Crippen MR) is 78.6 cm³/mol. The van der Waals surface area contributed by atoms with Gasteiger partial charge in [0.25, 0.3) is 0 Å². The number of hydrogen-bond donors (Lipinski definition) is 3. The van der Waals surface area contributed by atoms with Crippen LogP contribution in [-0.2, 0) is 4.79 Å². The normalized spacial score (nSPS) is 23.1. The van der Waals surface area contributed by atoms with Gasteiger partial charge in [0.15, 0.2) is 0 Å². The Hall–Kier alpha value is -1.26. The number of carboxylic acids is 1. The second-order valence-electron chi connectivity index (χ2n) is 6.86. The number of aliphatic carboxylic acids is 1. The molecule has 20 heavy (non-hydrogen) atoms. The van der Waals surface area contributed by atoms with Crippen molar-refractivity contribution in [2.45, 2.75) is 52.9 Å². The van der Waals surface area contributed by atoms with Gasteiger partial charge in [0.05, 0.1) is 6.42 Å². The number of carbonyl (C=O) groups excluding carboxylic acids is 1. The van der Waals surface area contributed by atoms with Crippen molar-refractivity contribution in [1.29, 1.82) is 0 Å². The molecule has 1 aliphatic carbocycles. The molecule has 0 aromatic rings. The van der Waals surface area contributed by atoms with E-state index in [4.69, 9.17) is 5.11 Å². The number of nitrogens with one attached hydrogen (secondary N) is 2. The lowest BCUT2D eigenvalue weighted by atomic mass is 9.70. The van der Waals surface area contributed by atoms with Crippen LogP contribution in [0.15, 0.2) is 0 Å². The molecular weight excluding hydrogens is 256 g/mol. The number of urea groups is 1. The molecule has 5 heteroatoms. The Labute approximate surface area is 121 Å². The molecule has 0 aliphatic heterocycles. The Kier molecular flexibility index (Phi) is 6.30. The van der Waals surface area contributed by atoms with Crippen molar-refractivity contribution >= 4 is 12.0 Å². The summed E-state index contributed by atoms with van der Waals surface area (Å²) in [6.45, 7) is 7.76. The summed E-state index contributed by atoms with van der Waals surface area (Å²) in [5, 5.41) is 13.9. The highest BCUT2D eigenvalue weighted by molar-refractivity contribution is 5.74. The van der Waals surface area contributed by atoms with E-state index < -0.39 is 5.97 Å². The van der Waals surface area contributed by atoms with Gasteiger partial charge in [-0.2, -0.15) is 0 Å². The molecule has 1 fully saturated rings. The molecule has 0 unspecified atom stereocenters. The zero-order chi connectivity index (χ0) is 15.2. The van der Waals surface area contributed by atoms with Crippen molar-refractivity contribution < 1.29 is 14.7 Å². The van der Waals surface area contributed by atoms with E-state index in [-0.39, 0.29) is 19.0 Å². The lowest BCUT2D eigenvalue weighted by molar-refractivity contribution is -0.136. The van der Waals surface area contributed by atoms with Gasteiger partial charge >= 0.3 is 12.0 Å². The summed E-state index contributed by atoms with van der Waals surface area (Å²) in [6, 6.07) is -0.260. The zero-order valence-electron chi connectivity index (χ0n) is 12.9. The van der Waals surface area contributed by atoms with E-state index in [0.29, 0.717) is 17.9 Å². The summed E-state index contributed by atoms with van der Waals surface area (Å²) in [5.74, 6) is 0.438. The molecule has 0 heterocycles. The third-order valence-corrected chi connectivity index (χ3v) is 4.25. The van der Waals surface area contributed by atoms with Gasteiger partial charge in [-0.3, -0.25) is 4.79 Å². The maximum Gasteiger partial charge on any atom is 0.314 e. The lowest BCUT2D eigenvalue weighted by Gasteiger charge is -2.37. The number of carboxylic acid groups (broad SMARTS) is 1. The third kappa shape index (κ3) is 6.26. The molecule has 3 N–H and O–H groups in total. The minimum Gasteiger partial charge on any atom is -0.481 e. The first-order chi connectivity index (χ1) is 9.29. The predicted octanol–water partition coefficient (Wildman–Crippen LogP) is 2.61. The molecule has 0 aromatic carbocycles. The van der Waals surface area contributed by atoms with Crippen molar-refractivity contribution in [1.82, 2.24) is 10.6 Å². The van der Waals surface area contributed by atoms with E-state index >= 15 is 0 Å². The van der Waals surface area contributed by atoms with Gasteiger partial charge < -0.3 is 15.7 Å². The highest BCUT2D eigenvalue weighted by Crippen LogP contribution is 2.39. The smallest absolute Gasteiger partial charge is 0.314 e. The molecule has 0 radical (unpaired) electrons. The van der Waals surface area contributed by atoms with Gasteiger partial charge in [0.2, 0.25) is 0 Å². The van der Waals surface area contributed by atoms with Gasteiger partial charge in [0.1, 0.15) is 0 Å². The Morgan fingerprint density at radius 2 is 1.70 bits per heavy atom. The minimum atomic E-state index is -0.897. The Bertz CT molecular complexity index is 329. The molecule has 0 bridgehead atoms. The van der Waals surface area contributed by atoms with Crippen LogP contribution in [0.25, 0.3) is 0 Å². The maximum atomic E-state index is 11.5. The van der Waals surface area contributed by atoms with E-state index in [1.807, 2.05) is 0 Å². The van der Waals surface area contributed by atoms with Crippen molar-refractivity contribution in [2.75, 3.05) is 13.1 Å². The summed E-state index contributed by atoms with van der Waals surface area (Å²) in [7, 11) is 0. The molecule has 1 rings (SSSR count). The van der Waals surface area contributed by atoms with Gasteiger partial charge in [-0.15, -0.1) is 0 Å². The van der Waals surface area contributed by atoms with Crippen LogP contribution in [0.2, 0.25) is 0 Å². The van der Waals surface area contributed by atoms with Crippen LogP contribution < -0.4 is 10.6 Å². The topological polar surface area (TPSA) is 78.4 Å². The Morgan fingerprint density at radius 3 is 2.20 bits per heavy atom. The first kappa shape index (κ1) is 16.8. The van der Waals surface area contributed by atoms with Crippen molar-refractivity contribution in [3.63, 3.8) is 0 Å². The van der Waals surface area contributed by atoms with Crippen molar-refractivity contribution in [2.24, 2.45) is 17.3 Å². The highest BCUT2D eigenvalue weighted by Gasteiger charge is 2.29. The minimum absolute atomic E-state index is 0.0376. The van der Waals surface area contributed by atoms with Crippen LogP contribution in [-0.4, -0.2) is 30.2 Å². The van der Waals surface area contributed by atoms with Crippen LogP contribution in [0.1, 0.15) is 52.9 Å². The van der Waals surface area contributed by atoms with Crippen LogP contribution in [0.4, 0.5) is 4.79 Å². The quantitative estimate of drug-likeness (QED) is 0.726. The van der Waals surface area contributed by atoms with E-state index in [2.05, 4.69) is 31.4 Å². The first-order valence-corrected chi connectivity index (χ1v) is 7.52. The van der Waals surface area contributed by atoms with Gasteiger partial charge in [-0.25, -0.2) is 4.79 Å². The fraction of sp³-hybridized carbons (Fsp3) is 0.867. The fourth-order valence-corrected chi connectivity index (χ4v) is 2.82. The van der Waals surface area contributed by atoms with E-state index in [1.165, 1.54) is 12.8 Å². The lowest BCUT2D eigenvalue weighted by Crippen LogP contribution is -2.40. The van der Waals surface area contributed by atoms with Gasteiger partial charge in [0, 0.05) is 13.1 Å². The maximum absolute atomic E-state index is 11.5. The average Bonchev–Trinajstić information content (AvgIpc) is 2.35. The summed E-state index contributed by atoms with van der Waals surface area (Å²) in [6.07, 6.45) is 4.76. The molecule has 2 amide bonds. The molecule has 0 aromatic heterocycles. The summed E-state index contributed by atoms with van der Waals surface area (Å²) in [5.41, 5.74) is 0.382. The number of amides is 2. The second-order valence-corrected chi connectivity index (χ2v) is 6.86. The summed E-state index contributed by atoms with van der Waals surface area (Å²) >= 11 is 0. The number of carbonyl (C=O) groups is 2. The molecule has 5 nitrogen and oxygen atoms in total. The molecule has 1 aliphatic rings.